The van der Waals surface area contributed by atoms with Gasteiger partial charge in [-0.05, 0) is 74.9 Å². The van der Waals surface area contributed by atoms with Crippen LogP contribution in [0.5, 0.6) is 5.75 Å². The number of hydrogen-bond donors (Lipinski definition) is 0. The minimum Gasteiger partial charge on any atom is -0.497 e. The van der Waals surface area contributed by atoms with Crippen molar-refractivity contribution in [3.8, 4) is 17.2 Å². The van der Waals surface area contributed by atoms with Crippen molar-refractivity contribution in [2.24, 2.45) is 0 Å². The van der Waals surface area contributed by atoms with Gasteiger partial charge in [0.05, 0.1) is 19.2 Å². The lowest BCUT2D eigenvalue weighted by molar-refractivity contribution is -0.123. The molecule has 1 aliphatic rings. The number of amides is 3. The first-order valence-corrected chi connectivity index (χ1v) is 12.5. The first-order chi connectivity index (χ1) is 18.2. The number of oxazole rings is 1. The van der Waals surface area contributed by atoms with Gasteiger partial charge in [0.15, 0.2) is 5.58 Å². The second-order valence-corrected chi connectivity index (χ2v) is 9.89. The van der Waals surface area contributed by atoms with Gasteiger partial charge in [-0.2, -0.15) is 0 Å². The minimum atomic E-state index is -0.923. The minimum absolute atomic E-state index is 0.0924. The van der Waals surface area contributed by atoms with E-state index in [9.17, 15) is 14.4 Å². The van der Waals surface area contributed by atoms with Crippen molar-refractivity contribution < 1.29 is 23.5 Å². The Morgan fingerprint density at radius 2 is 1.82 bits per heavy atom. The van der Waals surface area contributed by atoms with Gasteiger partial charge in [0.1, 0.15) is 17.3 Å². The molecule has 1 atom stereocenters. The first-order valence-electron chi connectivity index (χ1n) is 12.5. The largest absolute Gasteiger partial charge is 0.497 e. The van der Waals surface area contributed by atoms with Crippen molar-refractivity contribution in [1.29, 1.82) is 0 Å². The lowest BCUT2D eigenvalue weighted by Crippen LogP contribution is -2.55. The zero-order valence-corrected chi connectivity index (χ0v) is 21.8. The van der Waals surface area contributed by atoms with Crippen LogP contribution in [0.1, 0.15) is 44.0 Å². The monoisotopic (exact) mass is 511 g/mol. The smallest absolute Gasteiger partial charge is 0.257 e. The Morgan fingerprint density at radius 1 is 1.08 bits per heavy atom. The Hall–Kier alpha value is -4.46. The molecule has 3 aromatic carbocycles. The molecule has 0 N–H and O–H groups in total. The van der Waals surface area contributed by atoms with Gasteiger partial charge in [-0.25, -0.2) is 9.88 Å². The topological polar surface area (TPSA) is 92.9 Å². The molecular formula is C30H29N3O5. The summed E-state index contributed by atoms with van der Waals surface area (Å²) in [5.74, 6) is -0.114. The average molecular weight is 512 g/mol. The summed E-state index contributed by atoms with van der Waals surface area (Å²) in [6.07, 6.45) is 0.505. The number of ether oxygens (including phenoxy) is 1. The molecule has 1 saturated heterocycles. The Bertz CT molecular complexity index is 1490. The summed E-state index contributed by atoms with van der Waals surface area (Å²) in [7, 11) is 1.53. The third-order valence-electron chi connectivity index (χ3n) is 7.15. The van der Waals surface area contributed by atoms with Crippen molar-refractivity contribution in [2.45, 2.75) is 45.2 Å². The molecule has 0 radical (unpaired) electrons. The fourth-order valence-corrected chi connectivity index (χ4v) is 4.74. The highest BCUT2D eigenvalue weighted by molar-refractivity contribution is 6.23. The van der Waals surface area contributed by atoms with Crippen LogP contribution in [0.15, 0.2) is 77.2 Å². The highest BCUT2D eigenvalue weighted by Gasteiger charge is 2.48. The molecular weight excluding hydrogens is 482 g/mol. The number of carbonyl (C=O) groups is 3. The van der Waals surface area contributed by atoms with Crippen LogP contribution in [0.25, 0.3) is 22.6 Å². The number of para-hydroxylation sites is 2. The summed E-state index contributed by atoms with van der Waals surface area (Å²) in [6, 6.07) is 20.3. The number of aromatic nitrogens is 1. The maximum atomic E-state index is 13.7. The molecule has 0 saturated carbocycles. The normalized spacial score (nSPS) is 15.8. The standard InChI is InChI=1S/C30H29N3O5/c1-5-30(2,3)33(28(35)20-9-8-10-22(17-20)37-4)24-18-26(34)32(29(24)36)21-15-13-19(14-16-21)27-31-23-11-6-7-12-25(23)38-27/h6-17,24H,5,18H2,1-4H3. The maximum Gasteiger partial charge on any atom is 0.257 e. The van der Waals surface area contributed by atoms with Gasteiger partial charge in [-0.1, -0.05) is 25.1 Å². The number of nitrogens with zero attached hydrogens (tertiary/aromatic N) is 3. The second kappa shape index (κ2) is 9.78. The van der Waals surface area contributed by atoms with Gasteiger partial charge in [0.25, 0.3) is 11.8 Å². The third-order valence-corrected chi connectivity index (χ3v) is 7.15. The molecule has 3 amide bonds. The maximum absolute atomic E-state index is 13.7. The average Bonchev–Trinajstić information content (AvgIpc) is 3.49. The van der Waals surface area contributed by atoms with Gasteiger partial charge < -0.3 is 14.1 Å². The number of imide groups is 1. The van der Waals surface area contributed by atoms with Gasteiger partial charge in [-0.3, -0.25) is 14.4 Å². The number of rotatable bonds is 7. The van der Waals surface area contributed by atoms with Crippen molar-refractivity contribution in [3.05, 3.63) is 78.4 Å². The van der Waals surface area contributed by atoms with Crippen molar-refractivity contribution in [3.63, 3.8) is 0 Å². The van der Waals surface area contributed by atoms with Crippen molar-refractivity contribution in [2.75, 3.05) is 12.0 Å². The van der Waals surface area contributed by atoms with Crippen LogP contribution in [0.4, 0.5) is 5.69 Å². The quantitative estimate of drug-likeness (QED) is 0.306. The summed E-state index contributed by atoms with van der Waals surface area (Å²) < 4.78 is 11.1. The van der Waals surface area contributed by atoms with Gasteiger partial charge >= 0.3 is 0 Å². The van der Waals surface area contributed by atoms with E-state index >= 15 is 0 Å². The molecule has 8 heteroatoms. The molecule has 194 valence electrons. The van der Waals surface area contributed by atoms with Gasteiger partial charge in [0, 0.05) is 16.7 Å². The van der Waals surface area contributed by atoms with E-state index in [0.29, 0.717) is 34.9 Å². The van der Waals surface area contributed by atoms with E-state index in [1.54, 1.807) is 53.4 Å². The van der Waals surface area contributed by atoms with E-state index in [0.717, 1.165) is 16.0 Å². The molecule has 5 rings (SSSR count). The molecule has 4 aromatic rings. The zero-order valence-electron chi connectivity index (χ0n) is 21.8. The van der Waals surface area contributed by atoms with E-state index in [2.05, 4.69) is 4.98 Å². The highest BCUT2D eigenvalue weighted by Crippen LogP contribution is 2.34. The number of methoxy groups -OCH3 is 1. The lowest BCUT2D eigenvalue weighted by Gasteiger charge is -2.41. The van der Waals surface area contributed by atoms with E-state index in [1.165, 1.54) is 7.11 Å². The molecule has 1 aliphatic heterocycles. The van der Waals surface area contributed by atoms with Crippen LogP contribution in [-0.4, -0.2) is 46.3 Å². The summed E-state index contributed by atoms with van der Waals surface area (Å²) >= 11 is 0. The molecule has 38 heavy (non-hydrogen) atoms. The molecule has 0 bridgehead atoms. The summed E-state index contributed by atoms with van der Waals surface area (Å²) in [6.45, 7) is 5.76. The highest BCUT2D eigenvalue weighted by atomic mass is 16.5. The molecule has 2 heterocycles. The van der Waals surface area contributed by atoms with Crippen LogP contribution < -0.4 is 9.64 Å². The molecule has 1 unspecified atom stereocenters. The van der Waals surface area contributed by atoms with Crippen LogP contribution in [0, 0.1) is 0 Å². The molecule has 0 spiro atoms. The van der Waals surface area contributed by atoms with E-state index in [1.807, 2.05) is 45.0 Å². The van der Waals surface area contributed by atoms with Crippen LogP contribution in [-0.2, 0) is 9.59 Å². The summed E-state index contributed by atoms with van der Waals surface area (Å²) in [5, 5.41) is 0. The van der Waals surface area contributed by atoms with E-state index in [4.69, 9.17) is 9.15 Å². The predicted octanol–water partition coefficient (Wildman–Crippen LogP) is 5.47. The van der Waals surface area contributed by atoms with E-state index < -0.39 is 17.5 Å². The fourth-order valence-electron chi connectivity index (χ4n) is 4.74. The SMILES string of the molecule is CCC(C)(C)N(C(=O)c1cccc(OC)c1)C1CC(=O)N(c2ccc(-c3nc4ccccc4o3)cc2)C1=O. The van der Waals surface area contributed by atoms with Crippen molar-refractivity contribution >= 4 is 34.5 Å². The van der Waals surface area contributed by atoms with Crippen molar-refractivity contribution in [1.82, 2.24) is 9.88 Å². The van der Waals surface area contributed by atoms with Gasteiger partial charge in [0.2, 0.25) is 11.8 Å². The number of anilines is 1. The second-order valence-electron chi connectivity index (χ2n) is 9.89. The Labute approximate surface area is 220 Å². The van der Waals surface area contributed by atoms with Crippen LogP contribution in [0.3, 0.4) is 0 Å². The Kier molecular flexibility index (Phi) is 6.48. The first kappa shape index (κ1) is 25.2. The van der Waals surface area contributed by atoms with Crippen LogP contribution in [0.2, 0.25) is 0 Å². The van der Waals surface area contributed by atoms with Gasteiger partial charge in [-0.15, -0.1) is 0 Å². The number of fused-ring (bicyclic) bond motifs is 1. The van der Waals surface area contributed by atoms with E-state index in [-0.39, 0.29) is 18.2 Å². The van der Waals surface area contributed by atoms with Crippen LogP contribution >= 0.6 is 0 Å². The number of carbonyl (C=O) groups excluding carboxylic acids is 3. The summed E-state index contributed by atoms with van der Waals surface area (Å²) in [5.41, 5.74) is 2.31. The molecule has 0 aliphatic carbocycles. The number of hydrogen-bond acceptors (Lipinski definition) is 6. The Balaban J connectivity index is 1.44. The Morgan fingerprint density at radius 3 is 2.50 bits per heavy atom. The predicted molar refractivity (Wildman–Crippen MR) is 144 cm³/mol. The molecule has 1 fully saturated rings. The molecule has 1 aromatic heterocycles. The summed E-state index contributed by atoms with van der Waals surface area (Å²) in [4.78, 5) is 47.8. The number of benzene rings is 3. The zero-order chi connectivity index (χ0) is 27.0. The lowest BCUT2D eigenvalue weighted by atomic mass is 9.94. The third kappa shape index (κ3) is 4.42. The fraction of sp³-hybridized carbons (Fsp3) is 0.267. The molecule has 8 nitrogen and oxygen atoms in total.